The molecule has 33 heavy (non-hydrogen) atoms. The molecular formula is C26H29ClN2O4. The Morgan fingerprint density at radius 2 is 1.82 bits per heavy atom. The number of amides is 2. The molecule has 2 aromatic rings. The van der Waals surface area contributed by atoms with Crippen molar-refractivity contribution in [3.8, 4) is 0 Å². The predicted octanol–water partition coefficient (Wildman–Crippen LogP) is 4.45. The molecule has 0 saturated heterocycles. The third-order valence-corrected chi connectivity index (χ3v) is 5.96. The minimum atomic E-state index is -0.594. The second-order valence-corrected chi connectivity index (χ2v) is 8.55. The number of cyclic esters (lactones) is 1. The number of benzene rings is 2. The van der Waals surface area contributed by atoms with Crippen LogP contribution in [-0.4, -0.2) is 36.3 Å². The second-order valence-electron chi connectivity index (χ2n) is 8.11. The summed E-state index contributed by atoms with van der Waals surface area (Å²) in [5.41, 5.74) is 1.82. The SMILES string of the molecule is CN1C(=O)CC/C=C\C[C@@H](CC(=O)NCc2ccc(Cl)cc2)C(=O)OC[C@H]1c1ccccc1. The van der Waals surface area contributed by atoms with Crippen molar-refractivity contribution >= 4 is 29.4 Å². The van der Waals surface area contributed by atoms with Gasteiger partial charge in [0.1, 0.15) is 6.61 Å². The van der Waals surface area contributed by atoms with E-state index < -0.39 is 11.9 Å². The standard InChI is InChI=1S/C26H29ClN2O4/c1-29-23(20-8-4-2-5-9-20)18-33-26(32)21(10-6-3-7-11-25(29)31)16-24(30)28-17-19-12-14-22(27)15-13-19/h2-6,8-9,12-15,21,23H,7,10-11,16-18H2,1H3,(H,28,30)/b6-3-/t21-,23-/m0/s1. The van der Waals surface area contributed by atoms with Crippen LogP contribution in [0.3, 0.4) is 0 Å². The predicted molar refractivity (Wildman–Crippen MR) is 127 cm³/mol. The monoisotopic (exact) mass is 468 g/mol. The number of carbonyl (C=O) groups is 3. The van der Waals surface area contributed by atoms with E-state index in [0.717, 1.165) is 11.1 Å². The van der Waals surface area contributed by atoms with Gasteiger partial charge in [-0.05, 0) is 36.1 Å². The lowest BCUT2D eigenvalue weighted by Crippen LogP contribution is -2.35. The first-order chi connectivity index (χ1) is 15.9. The molecule has 1 aliphatic heterocycles. The van der Waals surface area contributed by atoms with Crippen LogP contribution in [0.5, 0.6) is 0 Å². The van der Waals surface area contributed by atoms with Gasteiger partial charge in [0.15, 0.2) is 0 Å². The van der Waals surface area contributed by atoms with Crippen LogP contribution < -0.4 is 5.32 Å². The molecule has 0 aromatic heterocycles. The number of rotatable bonds is 5. The first-order valence-electron chi connectivity index (χ1n) is 11.1. The van der Waals surface area contributed by atoms with Gasteiger partial charge in [-0.2, -0.15) is 0 Å². The molecule has 0 aliphatic carbocycles. The van der Waals surface area contributed by atoms with Crippen LogP contribution in [0, 0.1) is 5.92 Å². The minimum absolute atomic E-state index is 0.0109. The highest BCUT2D eigenvalue weighted by Crippen LogP contribution is 2.23. The van der Waals surface area contributed by atoms with E-state index in [-0.39, 0.29) is 30.9 Å². The van der Waals surface area contributed by atoms with Crippen LogP contribution in [0.1, 0.15) is 42.9 Å². The van der Waals surface area contributed by atoms with E-state index in [9.17, 15) is 14.4 Å². The first-order valence-corrected chi connectivity index (χ1v) is 11.4. The molecule has 1 N–H and O–H groups in total. The van der Waals surface area contributed by atoms with E-state index in [4.69, 9.17) is 16.3 Å². The first kappa shape index (κ1) is 24.5. The maximum Gasteiger partial charge on any atom is 0.309 e. The third kappa shape index (κ3) is 7.46. The Morgan fingerprint density at radius 3 is 2.55 bits per heavy atom. The van der Waals surface area contributed by atoms with Crippen molar-refractivity contribution in [1.82, 2.24) is 10.2 Å². The van der Waals surface area contributed by atoms with E-state index in [1.807, 2.05) is 54.6 Å². The maximum absolute atomic E-state index is 12.9. The Kier molecular flexibility index (Phi) is 9.07. The van der Waals surface area contributed by atoms with Crippen LogP contribution in [0.4, 0.5) is 0 Å². The number of likely N-dealkylation sites (N-methyl/N-ethyl adjacent to an activating group) is 1. The Hall–Kier alpha value is -3.12. The highest BCUT2D eigenvalue weighted by atomic mass is 35.5. The van der Waals surface area contributed by atoms with Crippen molar-refractivity contribution < 1.29 is 19.1 Å². The van der Waals surface area contributed by atoms with E-state index >= 15 is 0 Å². The third-order valence-electron chi connectivity index (χ3n) is 5.71. The van der Waals surface area contributed by atoms with Gasteiger partial charge in [0.25, 0.3) is 0 Å². The maximum atomic E-state index is 12.9. The molecule has 2 atom stereocenters. The van der Waals surface area contributed by atoms with Gasteiger partial charge in [-0.3, -0.25) is 14.4 Å². The number of hydrogen-bond donors (Lipinski definition) is 1. The molecule has 1 heterocycles. The van der Waals surface area contributed by atoms with Gasteiger partial charge in [0.05, 0.1) is 12.0 Å². The topological polar surface area (TPSA) is 75.7 Å². The van der Waals surface area contributed by atoms with Crippen LogP contribution >= 0.6 is 11.6 Å². The molecule has 6 nitrogen and oxygen atoms in total. The van der Waals surface area contributed by atoms with E-state index in [2.05, 4.69) is 5.32 Å². The lowest BCUT2D eigenvalue weighted by Gasteiger charge is -2.29. The zero-order valence-corrected chi connectivity index (χ0v) is 19.5. The molecule has 2 amide bonds. The van der Waals surface area contributed by atoms with Gasteiger partial charge < -0.3 is 15.0 Å². The normalized spacial score (nSPS) is 20.8. The van der Waals surface area contributed by atoms with Crippen molar-refractivity contribution in [2.24, 2.45) is 5.92 Å². The van der Waals surface area contributed by atoms with Crippen molar-refractivity contribution in [2.45, 2.75) is 38.3 Å². The van der Waals surface area contributed by atoms with Gasteiger partial charge in [-0.25, -0.2) is 0 Å². The van der Waals surface area contributed by atoms with Gasteiger partial charge in [-0.15, -0.1) is 0 Å². The molecule has 3 rings (SSSR count). The zero-order valence-electron chi connectivity index (χ0n) is 18.7. The van der Waals surface area contributed by atoms with Crippen molar-refractivity contribution in [3.05, 3.63) is 82.9 Å². The summed E-state index contributed by atoms with van der Waals surface area (Å²) in [5.74, 6) is -1.27. The minimum Gasteiger partial charge on any atom is -0.463 e. The number of ether oxygens (including phenoxy) is 1. The Labute approximate surface area is 199 Å². The fraction of sp³-hybridized carbons (Fsp3) is 0.346. The van der Waals surface area contributed by atoms with Gasteiger partial charge >= 0.3 is 5.97 Å². The zero-order chi connectivity index (χ0) is 23.6. The summed E-state index contributed by atoms with van der Waals surface area (Å²) < 4.78 is 5.63. The number of hydrogen-bond acceptors (Lipinski definition) is 4. The summed E-state index contributed by atoms with van der Waals surface area (Å²) >= 11 is 5.89. The molecule has 1 aliphatic rings. The summed E-state index contributed by atoms with van der Waals surface area (Å²) in [6.07, 6.45) is 5.10. The molecule has 0 radical (unpaired) electrons. The van der Waals surface area contributed by atoms with Crippen LogP contribution in [0.25, 0.3) is 0 Å². The van der Waals surface area contributed by atoms with Gasteiger partial charge in [0.2, 0.25) is 11.8 Å². The number of halogens is 1. The Balaban J connectivity index is 1.66. The van der Waals surface area contributed by atoms with Crippen LogP contribution in [0.2, 0.25) is 5.02 Å². The molecule has 0 unspecified atom stereocenters. The average Bonchev–Trinajstić information content (AvgIpc) is 2.82. The summed E-state index contributed by atoms with van der Waals surface area (Å²) in [6.45, 7) is 0.397. The molecule has 2 aromatic carbocycles. The quantitative estimate of drug-likeness (QED) is 0.519. The number of carbonyl (C=O) groups excluding carboxylic acids is 3. The number of allylic oxidation sites excluding steroid dienone is 2. The largest absolute Gasteiger partial charge is 0.463 e. The van der Waals surface area contributed by atoms with Gasteiger partial charge in [0, 0.05) is 31.5 Å². The summed E-state index contributed by atoms with van der Waals surface area (Å²) in [4.78, 5) is 39.7. The summed E-state index contributed by atoms with van der Waals surface area (Å²) in [6, 6.07) is 16.3. The second kappa shape index (κ2) is 12.2. The average molecular weight is 469 g/mol. The van der Waals surface area contributed by atoms with Crippen molar-refractivity contribution in [1.29, 1.82) is 0 Å². The molecule has 0 saturated carbocycles. The summed E-state index contributed by atoms with van der Waals surface area (Å²) in [7, 11) is 1.73. The van der Waals surface area contributed by atoms with E-state index in [1.54, 1.807) is 24.1 Å². The highest BCUT2D eigenvalue weighted by Gasteiger charge is 2.27. The van der Waals surface area contributed by atoms with Crippen LogP contribution in [0.15, 0.2) is 66.7 Å². The Morgan fingerprint density at radius 1 is 1.09 bits per heavy atom. The molecule has 174 valence electrons. The van der Waals surface area contributed by atoms with Gasteiger partial charge in [-0.1, -0.05) is 66.2 Å². The summed E-state index contributed by atoms with van der Waals surface area (Å²) in [5, 5.41) is 3.49. The molecular weight excluding hydrogens is 440 g/mol. The fourth-order valence-electron chi connectivity index (χ4n) is 3.68. The number of nitrogens with one attached hydrogen (secondary N) is 1. The van der Waals surface area contributed by atoms with E-state index in [1.165, 1.54) is 0 Å². The molecule has 7 heteroatoms. The molecule has 0 spiro atoms. The molecule has 0 fully saturated rings. The lowest BCUT2D eigenvalue weighted by molar-refractivity contribution is -0.153. The van der Waals surface area contributed by atoms with Crippen molar-refractivity contribution in [2.75, 3.05) is 13.7 Å². The highest BCUT2D eigenvalue weighted by molar-refractivity contribution is 6.30. The fourth-order valence-corrected chi connectivity index (χ4v) is 3.81. The van der Waals surface area contributed by atoms with Crippen molar-refractivity contribution in [3.63, 3.8) is 0 Å². The smallest absolute Gasteiger partial charge is 0.309 e. The number of nitrogens with zero attached hydrogens (tertiary/aromatic N) is 1. The lowest BCUT2D eigenvalue weighted by atomic mass is 9.99. The Bertz CT molecular complexity index is 976. The number of esters is 1. The molecule has 0 bridgehead atoms. The van der Waals surface area contributed by atoms with E-state index in [0.29, 0.717) is 30.8 Å². The van der Waals surface area contributed by atoms with Crippen LogP contribution in [-0.2, 0) is 25.7 Å².